The summed E-state index contributed by atoms with van der Waals surface area (Å²) in [5.74, 6) is -0.434. The van der Waals surface area contributed by atoms with E-state index in [0.29, 0.717) is 25.7 Å². The number of unbranched alkanes of at least 4 members (excludes halogenated alkanes) is 51. The van der Waals surface area contributed by atoms with Crippen molar-refractivity contribution in [2.75, 3.05) is 39.6 Å². The third kappa shape index (κ3) is 74.9. The molecule has 606 valence electrons. The smallest absolute Gasteiger partial charge is 0.462 e. The molecule has 102 heavy (non-hydrogen) atoms. The van der Waals surface area contributed by atoms with Crippen molar-refractivity contribution < 1.29 is 80.2 Å². The van der Waals surface area contributed by atoms with Crippen molar-refractivity contribution in [3.05, 3.63) is 0 Å². The van der Waals surface area contributed by atoms with Crippen LogP contribution in [0.25, 0.3) is 0 Å². The fourth-order valence-electron chi connectivity index (χ4n) is 12.9. The zero-order chi connectivity index (χ0) is 74.9. The summed E-state index contributed by atoms with van der Waals surface area (Å²) in [4.78, 5) is 73.1. The van der Waals surface area contributed by atoms with Gasteiger partial charge in [0.2, 0.25) is 0 Å². The van der Waals surface area contributed by atoms with Gasteiger partial charge in [0, 0.05) is 25.7 Å². The molecule has 0 rings (SSSR count). The average molecular weight is 1490 g/mol. The molecule has 0 radical (unpaired) electrons. The molecule has 19 heteroatoms. The zero-order valence-electron chi connectivity index (χ0n) is 66.9. The summed E-state index contributed by atoms with van der Waals surface area (Å²) >= 11 is 0. The highest BCUT2D eigenvalue weighted by molar-refractivity contribution is 7.47. The number of phosphoric ester groups is 2. The highest BCUT2D eigenvalue weighted by Crippen LogP contribution is 2.45. The highest BCUT2D eigenvalue weighted by Gasteiger charge is 2.30. The first-order chi connectivity index (χ1) is 49.4. The maximum absolute atomic E-state index is 13.1. The predicted octanol–water partition coefficient (Wildman–Crippen LogP) is 25.1. The van der Waals surface area contributed by atoms with Gasteiger partial charge in [-0.15, -0.1) is 0 Å². The number of phosphoric acid groups is 2. The van der Waals surface area contributed by atoms with Crippen LogP contribution >= 0.6 is 15.6 Å². The molecule has 0 spiro atoms. The topological polar surface area (TPSA) is 237 Å². The van der Waals surface area contributed by atoms with E-state index in [-0.39, 0.29) is 25.7 Å². The molecule has 0 aliphatic rings. The standard InChI is InChI=1S/C83H162O17P2/c1-7-10-12-14-16-18-20-36-43-49-55-61-67-82(87)99-78(71-93-80(85)65-59-53-47-41-33-19-17-15-13-11-8-2)73-97-101(89,90)95-69-77(84)70-96-102(91,92)98-74-79(72-94-81(86)66-60-54-48-42-37-31-28-27-29-34-39-45-51-57-63-75(4)5)100-83(88)68-62-56-50-44-38-32-26-24-22-21-23-25-30-35-40-46-52-58-64-76(6)9-3/h75-79,84H,7-74H2,1-6H3,(H,89,90)(H,91,92)/t76?,77-,78+,79+/m0/s1. The fourth-order valence-corrected chi connectivity index (χ4v) is 14.4. The summed E-state index contributed by atoms with van der Waals surface area (Å²) in [6.45, 7) is 9.74. The molecule has 0 bridgehead atoms. The summed E-state index contributed by atoms with van der Waals surface area (Å²) < 4.78 is 68.8. The first-order valence-corrected chi connectivity index (χ1v) is 46.0. The Kier molecular flexibility index (Phi) is 73.1. The molecule has 17 nitrogen and oxygen atoms in total. The number of hydrogen-bond donors (Lipinski definition) is 3. The van der Waals surface area contributed by atoms with Crippen LogP contribution in [0.2, 0.25) is 0 Å². The molecular weight excluding hydrogens is 1330 g/mol. The lowest BCUT2D eigenvalue weighted by molar-refractivity contribution is -0.161. The summed E-state index contributed by atoms with van der Waals surface area (Å²) in [5, 5.41) is 10.6. The van der Waals surface area contributed by atoms with Gasteiger partial charge in [-0.1, -0.05) is 388 Å². The molecule has 3 unspecified atom stereocenters. The molecule has 0 aromatic heterocycles. The number of aliphatic hydroxyl groups excluding tert-OH is 1. The fraction of sp³-hybridized carbons (Fsp3) is 0.952. The van der Waals surface area contributed by atoms with Crippen molar-refractivity contribution in [1.29, 1.82) is 0 Å². The number of aliphatic hydroxyl groups is 1. The Bertz CT molecular complexity index is 1960. The first-order valence-electron chi connectivity index (χ1n) is 43.0. The zero-order valence-corrected chi connectivity index (χ0v) is 68.7. The van der Waals surface area contributed by atoms with Crippen LogP contribution in [0.4, 0.5) is 0 Å². The molecule has 0 aromatic carbocycles. The monoisotopic (exact) mass is 1490 g/mol. The maximum Gasteiger partial charge on any atom is 0.472 e. The van der Waals surface area contributed by atoms with Gasteiger partial charge in [0.25, 0.3) is 0 Å². The second-order valence-corrected chi connectivity index (χ2v) is 33.5. The Morgan fingerprint density at radius 3 is 0.745 bits per heavy atom. The lowest BCUT2D eigenvalue weighted by Gasteiger charge is -2.21. The number of esters is 4. The molecule has 0 aliphatic carbocycles. The molecule has 0 fully saturated rings. The second kappa shape index (κ2) is 74.5. The quantitative estimate of drug-likeness (QED) is 0.0222. The van der Waals surface area contributed by atoms with Gasteiger partial charge >= 0.3 is 39.5 Å². The van der Waals surface area contributed by atoms with Gasteiger partial charge < -0.3 is 33.8 Å². The van der Waals surface area contributed by atoms with E-state index in [2.05, 4.69) is 41.5 Å². The molecule has 0 aliphatic heterocycles. The number of ether oxygens (including phenoxy) is 4. The van der Waals surface area contributed by atoms with Crippen molar-refractivity contribution in [3.63, 3.8) is 0 Å². The average Bonchev–Trinajstić information content (AvgIpc) is 0.917. The number of hydrogen-bond acceptors (Lipinski definition) is 15. The van der Waals surface area contributed by atoms with Gasteiger partial charge in [-0.3, -0.25) is 37.3 Å². The van der Waals surface area contributed by atoms with Crippen molar-refractivity contribution in [1.82, 2.24) is 0 Å². The van der Waals surface area contributed by atoms with Gasteiger partial charge in [-0.05, 0) is 37.5 Å². The minimum atomic E-state index is -4.96. The van der Waals surface area contributed by atoms with Gasteiger partial charge in [-0.25, -0.2) is 9.13 Å². The van der Waals surface area contributed by atoms with Gasteiger partial charge in [0.1, 0.15) is 19.3 Å². The van der Waals surface area contributed by atoms with Crippen LogP contribution in [-0.2, 0) is 65.4 Å². The van der Waals surface area contributed by atoms with Crippen LogP contribution in [0, 0.1) is 11.8 Å². The molecular formula is C83H162O17P2. The second-order valence-electron chi connectivity index (χ2n) is 30.6. The molecule has 0 saturated carbocycles. The van der Waals surface area contributed by atoms with Crippen molar-refractivity contribution >= 4 is 39.5 Å². The Labute approximate surface area is 626 Å². The molecule has 3 N–H and O–H groups in total. The van der Waals surface area contributed by atoms with Crippen LogP contribution in [0.3, 0.4) is 0 Å². The maximum atomic E-state index is 13.1. The van der Waals surface area contributed by atoms with E-state index in [0.717, 1.165) is 102 Å². The Morgan fingerprint density at radius 2 is 0.500 bits per heavy atom. The number of carbonyl (C=O) groups is 4. The van der Waals surface area contributed by atoms with Crippen molar-refractivity contribution in [2.24, 2.45) is 11.8 Å². The van der Waals surface area contributed by atoms with Crippen LogP contribution in [0.1, 0.15) is 440 Å². The van der Waals surface area contributed by atoms with E-state index in [1.165, 1.54) is 257 Å². The van der Waals surface area contributed by atoms with Gasteiger partial charge in [0.15, 0.2) is 12.2 Å². The third-order valence-electron chi connectivity index (χ3n) is 19.8. The largest absolute Gasteiger partial charge is 0.472 e. The van der Waals surface area contributed by atoms with E-state index >= 15 is 0 Å². The Hall–Kier alpha value is -1.94. The summed E-state index contributed by atoms with van der Waals surface area (Å²) in [6, 6.07) is 0. The summed E-state index contributed by atoms with van der Waals surface area (Å²) in [7, 11) is -9.92. The van der Waals surface area contributed by atoms with Crippen LogP contribution in [0.5, 0.6) is 0 Å². The van der Waals surface area contributed by atoms with E-state index in [1.807, 2.05) is 0 Å². The molecule has 0 heterocycles. The summed E-state index contributed by atoms with van der Waals surface area (Å²) in [6.07, 6.45) is 65.1. The first kappa shape index (κ1) is 100. The van der Waals surface area contributed by atoms with Crippen LogP contribution < -0.4 is 0 Å². The van der Waals surface area contributed by atoms with E-state index in [1.54, 1.807) is 0 Å². The lowest BCUT2D eigenvalue weighted by Crippen LogP contribution is -2.30. The summed E-state index contributed by atoms with van der Waals surface area (Å²) in [5.41, 5.74) is 0. The molecule has 0 aromatic rings. The van der Waals surface area contributed by atoms with Crippen molar-refractivity contribution in [3.8, 4) is 0 Å². The minimum absolute atomic E-state index is 0.108. The van der Waals surface area contributed by atoms with E-state index < -0.39 is 97.5 Å². The molecule has 6 atom stereocenters. The minimum Gasteiger partial charge on any atom is -0.462 e. The normalized spacial score (nSPS) is 14.1. The molecule has 0 saturated heterocycles. The number of rotatable bonds is 82. The van der Waals surface area contributed by atoms with Crippen molar-refractivity contribution in [2.45, 2.75) is 458 Å². The van der Waals surface area contributed by atoms with Gasteiger partial charge in [-0.2, -0.15) is 0 Å². The Morgan fingerprint density at radius 1 is 0.284 bits per heavy atom. The Balaban J connectivity index is 5.22. The van der Waals surface area contributed by atoms with Crippen LogP contribution in [0.15, 0.2) is 0 Å². The van der Waals surface area contributed by atoms with E-state index in [9.17, 15) is 43.2 Å². The van der Waals surface area contributed by atoms with Crippen LogP contribution in [-0.4, -0.2) is 96.7 Å². The predicted molar refractivity (Wildman–Crippen MR) is 418 cm³/mol. The number of carbonyl (C=O) groups excluding carboxylic acids is 4. The highest BCUT2D eigenvalue weighted by atomic mass is 31.2. The molecule has 0 amide bonds. The van der Waals surface area contributed by atoms with E-state index in [4.69, 9.17) is 37.0 Å². The lowest BCUT2D eigenvalue weighted by atomic mass is 9.99. The third-order valence-corrected chi connectivity index (χ3v) is 21.7. The van der Waals surface area contributed by atoms with Gasteiger partial charge in [0.05, 0.1) is 26.4 Å². The SMILES string of the molecule is CCCCCCCCCCCCCCC(=O)O[C@H](COC(=O)CCCCCCCCCCCCC)COP(=O)(O)OC[C@H](O)COP(=O)(O)OC[C@@H](COC(=O)CCCCCCCCCCCCCCCCC(C)C)OC(=O)CCCCCCCCCCCCCCCCCCCCC(C)CC.